The van der Waals surface area contributed by atoms with Crippen LogP contribution in [0.3, 0.4) is 0 Å². The van der Waals surface area contributed by atoms with Crippen LogP contribution in [0.15, 0.2) is 120 Å². The first-order valence-electron chi connectivity index (χ1n) is 17.8. The predicted molar refractivity (Wildman–Crippen MR) is 200 cm³/mol. The van der Waals surface area contributed by atoms with Crippen molar-refractivity contribution in [2.24, 2.45) is 17.8 Å². The van der Waals surface area contributed by atoms with Gasteiger partial charge in [0.15, 0.2) is 17.5 Å². The molecule has 2 saturated carbocycles. The third kappa shape index (κ3) is 5.36. The van der Waals surface area contributed by atoms with Crippen LogP contribution in [-0.4, -0.2) is 15.0 Å². The summed E-state index contributed by atoms with van der Waals surface area (Å²) in [6.45, 7) is 4.91. The molecular formula is C45H38N4O. The maximum absolute atomic E-state index is 9.32. The van der Waals surface area contributed by atoms with Crippen LogP contribution in [0.5, 0.6) is 0 Å². The fraction of sp³-hybridized carbons (Fsp3) is 0.244. The highest BCUT2D eigenvalue weighted by atomic mass is 16.3. The zero-order valence-electron chi connectivity index (χ0n) is 28.4. The SMILES string of the molecule is C[C@@H]1CC2C[C@H](C)CC(c3ccc(-c4cccc5c4oc4ccc(-c6nc(-c7ccccc7)nc(-c7ccc(C#N)cc7)n6)cc45)cc3)(C2)C1. The van der Waals surface area contributed by atoms with Crippen LogP contribution < -0.4 is 0 Å². The number of benzene rings is 5. The molecule has 7 aromatic rings. The largest absolute Gasteiger partial charge is 0.455 e. The van der Waals surface area contributed by atoms with Crippen molar-refractivity contribution >= 4 is 21.9 Å². The van der Waals surface area contributed by atoms with Gasteiger partial charge in [-0.2, -0.15) is 5.26 Å². The molecule has 2 unspecified atom stereocenters. The molecule has 0 radical (unpaired) electrons. The topological polar surface area (TPSA) is 75.6 Å². The van der Waals surface area contributed by atoms with E-state index in [0.717, 1.165) is 61.9 Å². The Morgan fingerprint density at radius 1 is 0.620 bits per heavy atom. The van der Waals surface area contributed by atoms with Crippen LogP contribution in [-0.2, 0) is 5.41 Å². The van der Waals surface area contributed by atoms with Crippen LogP contribution in [0.1, 0.15) is 57.1 Å². The van der Waals surface area contributed by atoms with Crippen molar-refractivity contribution in [3.63, 3.8) is 0 Å². The molecule has 0 N–H and O–H groups in total. The Morgan fingerprint density at radius 3 is 1.92 bits per heavy atom. The van der Waals surface area contributed by atoms with Gasteiger partial charge in [0.25, 0.3) is 0 Å². The standard InChI is InChI=1S/C45H38N4O/c1-28-21-31-22-29(2)25-45(24-28,26-31)36-18-15-32(16-19-36)37-9-6-10-38-39-23-35(17-20-40(39)50-41(37)38)44-48-42(33-7-4-3-5-8-33)47-43(49-44)34-13-11-30(27-46)12-14-34/h3-20,23,28-29,31H,21-22,24-26H2,1-2H3/t28-,29+,31?,45?. The van der Waals surface area contributed by atoms with Gasteiger partial charge in [0.1, 0.15) is 11.2 Å². The summed E-state index contributed by atoms with van der Waals surface area (Å²) in [4.78, 5) is 14.7. The maximum atomic E-state index is 9.32. The quantitative estimate of drug-likeness (QED) is 0.185. The van der Waals surface area contributed by atoms with Crippen molar-refractivity contribution in [2.45, 2.75) is 51.4 Å². The molecule has 0 amide bonds. The van der Waals surface area contributed by atoms with E-state index in [0.29, 0.717) is 28.5 Å². The molecule has 2 heterocycles. The van der Waals surface area contributed by atoms with Crippen molar-refractivity contribution in [3.05, 3.63) is 126 Å². The van der Waals surface area contributed by atoms with Gasteiger partial charge in [0.2, 0.25) is 0 Å². The van der Waals surface area contributed by atoms with Crippen molar-refractivity contribution in [3.8, 4) is 51.4 Å². The molecule has 5 aromatic carbocycles. The Balaban J connectivity index is 1.11. The first kappa shape index (κ1) is 30.5. The Kier molecular flexibility index (Phi) is 7.35. The van der Waals surface area contributed by atoms with Gasteiger partial charge in [-0.1, -0.05) is 86.6 Å². The van der Waals surface area contributed by atoms with Crippen LogP contribution in [0, 0.1) is 29.1 Å². The maximum Gasteiger partial charge on any atom is 0.164 e. The normalized spacial score (nSPS) is 21.7. The van der Waals surface area contributed by atoms with E-state index >= 15 is 0 Å². The smallest absolute Gasteiger partial charge is 0.164 e. The van der Waals surface area contributed by atoms with Gasteiger partial charge in [-0.15, -0.1) is 0 Å². The number of hydrogen-bond acceptors (Lipinski definition) is 5. The van der Waals surface area contributed by atoms with E-state index in [-0.39, 0.29) is 0 Å². The minimum Gasteiger partial charge on any atom is -0.455 e. The first-order chi connectivity index (χ1) is 24.4. The molecule has 2 aromatic heterocycles. The zero-order valence-corrected chi connectivity index (χ0v) is 28.4. The van der Waals surface area contributed by atoms with E-state index < -0.39 is 0 Å². The highest BCUT2D eigenvalue weighted by molar-refractivity contribution is 6.10. The van der Waals surface area contributed by atoms with Gasteiger partial charge in [-0.3, -0.25) is 0 Å². The monoisotopic (exact) mass is 650 g/mol. The van der Waals surface area contributed by atoms with Crippen LogP contribution >= 0.6 is 0 Å². The number of furan rings is 1. The lowest BCUT2D eigenvalue weighted by Gasteiger charge is -2.50. The van der Waals surface area contributed by atoms with E-state index in [4.69, 9.17) is 19.4 Å². The fourth-order valence-corrected chi connectivity index (χ4v) is 9.27. The Labute approximate surface area is 292 Å². The Morgan fingerprint density at radius 2 is 1.24 bits per heavy atom. The van der Waals surface area contributed by atoms with Crippen LogP contribution in [0.4, 0.5) is 0 Å². The van der Waals surface area contributed by atoms with E-state index in [9.17, 15) is 5.26 Å². The highest BCUT2D eigenvalue weighted by Gasteiger charge is 2.45. The number of aromatic nitrogens is 3. The van der Waals surface area contributed by atoms with Crippen molar-refractivity contribution in [1.82, 2.24) is 15.0 Å². The third-order valence-electron chi connectivity index (χ3n) is 11.1. The van der Waals surface area contributed by atoms with Crippen molar-refractivity contribution in [2.75, 3.05) is 0 Å². The fourth-order valence-electron chi connectivity index (χ4n) is 9.27. The molecule has 0 aliphatic heterocycles. The molecule has 5 nitrogen and oxygen atoms in total. The second-order valence-electron chi connectivity index (χ2n) is 14.9. The molecule has 244 valence electrons. The number of para-hydroxylation sites is 1. The van der Waals surface area contributed by atoms with Crippen LogP contribution in [0.2, 0.25) is 0 Å². The van der Waals surface area contributed by atoms with E-state index in [1.165, 1.54) is 43.2 Å². The van der Waals surface area contributed by atoms with Gasteiger partial charge >= 0.3 is 0 Å². The van der Waals surface area contributed by atoms with E-state index in [2.05, 4.69) is 68.4 Å². The van der Waals surface area contributed by atoms with E-state index in [1.54, 1.807) is 12.1 Å². The molecule has 2 aliphatic rings. The van der Waals surface area contributed by atoms with E-state index in [1.807, 2.05) is 54.6 Å². The summed E-state index contributed by atoms with van der Waals surface area (Å²) in [5, 5.41) is 11.4. The minimum absolute atomic E-state index is 0.315. The molecule has 2 bridgehead atoms. The van der Waals surface area contributed by atoms with Crippen molar-refractivity contribution in [1.29, 1.82) is 5.26 Å². The number of fused-ring (bicyclic) bond motifs is 5. The lowest BCUT2D eigenvalue weighted by Crippen LogP contribution is -2.42. The number of nitrogens with zero attached hydrogens (tertiary/aromatic N) is 4. The summed E-state index contributed by atoms with van der Waals surface area (Å²) in [7, 11) is 0. The molecule has 0 saturated heterocycles. The lowest BCUT2D eigenvalue weighted by molar-refractivity contribution is 0.0780. The predicted octanol–water partition coefficient (Wildman–Crippen LogP) is 11.4. The molecule has 2 aliphatic carbocycles. The second kappa shape index (κ2) is 12.1. The van der Waals surface area contributed by atoms with Gasteiger partial charge in [-0.25, -0.2) is 15.0 Å². The number of nitriles is 1. The second-order valence-corrected chi connectivity index (χ2v) is 14.9. The average Bonchev–Trinajstić information content (AvgIpc) is 3.53. The van der Waals surface area contributed by atoms with Crippen molar-refractivity contribution < 1.29 is 4.42 Å². The van der Waals surface area contributed by atoms with Gasteiger partial charge in [0.05, 0.1) is 11.6 Å². The lowest BCUT2D eigenvalue weighted by atomic mass is 9.54. The van der Waals surface area contributed by atoms with Gasteiger partial charge < -0.3 is 4.42 Å². The van der Waals surface area contributed by atoms with Gasteiger partial charge in [-0.05, 0) is 109 Å². The number of rotatable bonds is 5. The minimum atomic E-state index is 0.315. The van der Waals surface area contributed by atoms with Gasteiger partial charge in [0, 0.05) is 33.0 Å². The summed E-state index contributed by atoms with van der Waals surface area (Å²) in [5.41, 5.74) is 9.03. The average molecular weight is 651 g/mol. The zero-order chi connectivity index (χ0) is 33.8. The molecule has 5 heteroatoms. The third-order valence-corrected chi connectivity index (χ3v) is 11.1. The highest BCUT2D eigenvalue weighted by Crippen LogP contribution is 2.54. The summed E-state index contributed by atoms with van der Waals surface area (Å²) >= 11 is 0. The summed E-state index contributed by atoms with van der Waals surface area (Å²) in [5.74, 6) is 4.18. The summed E-state index contributed by atoms with van der Waals surface area (Å²) in [6.07, 6.45) is 6.72. The molecule has 4 atom stereocenters. The molecule has 9 rings (SSSR count). The summed E-state index contributed by atoms with van der Waals surface area (Å²) < 4.78 is 6.60. The molecular weight excluding hydrogens is 613 g/mol. The molecule has 50 heavy (non-hydrogen) atoms. The Bertz CT molecular complexity index is 2380. The molecule has 2 fully saturated rings. The summed E-state index contributed by atoms with van der Waals surface area (Å²) in [6, 6.07) is 41.5. The number of hydrogen-bond donors (Lipinski definition) is 0. The Hall–Kier alpha value is -5.60. The first-order valence-corrected chi connectivity index (χ1v) is 17.8. The molecule has 0 spiro atoms. The van der Waals surface area contributed by atoms with Crippen LogP contribution in [0.25, 0.3) is 67.2 Å².